The normalized spacial score (nSPS) is 10.5. The topological polar surface area (TPSA) is 84.6 Å². The third kappa shape index (κ3) is 3.46. The molecule has 1 heterocycles. The average molecular weight is 275 g/mol. The van der Waals surface area contributed by atoms with Crippen LogP contribution >= 0.6 is 11.3 Å². The number of nitrogens with zero attached hydrogens (tertiary/aromatic N) is 2. The van der Waals surface area contributed by atoms with Crippen LogP contribution in [0.15, 0.2) is 47.6 Å². The number of carbonyl (C=O) groups excluding carboxylic acids is 1. The molecule has 0 aliphatic heterocycles. The summed E-state index contributed by atoms with van der Waals surface area (Å²) >= 11 is 0.989. The Kier molecular flexibility index (Phi) is 3.99. The van der Waals surface area contributed by atoms with Gasteiger partial charge in [0, 0.05) is 11.6 Å². The van der Waals surface area contributed by atoms with E-state index in [-0.39, 0.29) is 10.9 Å². The molecule has 0 spiro atoms. The van der Waals surface area contributed by atoms with E-state index in [1.165, 1.54) is 12.3 Å². The Hall–Kier alpha value is -2.54. The molecule has 0 atom stereocenters. The average Bonchev–Trinajstić information content (AvgIpc) is 2.89. The molecule has 1 aromatic carbocycles. The molecular weight excluding hydrogens is 266 g/mol. The van der Waals surface area contributed by atoms with Crippen molar-refractivity contribution in [3.63, 3.8) is 0 Å². The highest BCUT2D eigenvalue weighted by molar-refractivity contribution is 7.16. The number of hydrogen-bond acceptors (Lipinski definition) is 5. The Balaban J connectivity index is 1.96. The van der Waals surface area contributed by atoms with Gasteiger partial charge in [-0.25, -0.2) is 5.43 Å². The fourth-order valence-corrected chi connectivity index (χ4v) is 2.01. The second-order valence-corrected chi connectivity index (χ2v) is 4.59. The van der Waals surface area contributed by atoms with E-state index >= 15 is 0 Å². The van der Waals surface area contributed by atoms with Gasteiger partial charge in [-0.3, -0.25) is 14.9 Å². The Morgan fingerprint density at radius 3 is 2.63 bits per heavy atom. The highest BCUT2D eigenvalue weighted by atomic mass is 32.1. The van der Waals surface area contributed by atoms with Crippen molar-refractivity contribution in [1.82, 2.24) is 5.43 Å². The van der Waals surface area contributed by atoms with Crippen LogP contribution in [0.1, 0.15) is 15.2 Å². The van der Waals surface area contributed by atoms with Crippen LogP contribution < -0.4 is 5.43 Å². The number of thiophene rings is 1. The molecule has 0 aliphatic rings. The van der Waals surface area contributed by atoms with E-state index in [1.54, 1.807) is 30.3 Å². The van der Waals surface area contributed by atoms with Gasteiger partial charge in [-0.2, -0.15) is 5.10 Å². The summed E-state index contributed by atoms with van der Waals surface area (Å²) in [6.07, 6.45) is 1.37. The fourth-order valence-electron chi connectivity index (χ4n) is 1.32. The highest BCUT2D eigenvalue weighted by Gasteiger charge is 2.08. The first kappa shape index (κ1) is 12.9. The smallest absolute Gasteiger partial charge is 0.267 e. The monoisotopic (exact) mass is 275 g/mol. The first-order valence-corrected chi connectivity index (χ1v) is 6.11. The number of rotatable bonds is 4. The second kappa shape index (κ2) is 5.87. The number of amides is 1. The number of nitro groups is 1. The van der Waals surface area contributed by atoms with Gasteiger partial charge in [-0.05, 0) is 18.2 Å². The van der Waals surface area contributed by atoms with Crippen molar-refractivity contribution in [2.24, 2.45) is 5.10 Å². The van der Waals surface area contributed by atoms with Gasteiger partial charge in [0.05, 0.1) is 16.0 Å². The predicted octanol–water partition coefficient (Wildman–Crippen LogP) is 2.42. The van der Waals surface area contributed by atoms with Crippen molar-refractivity contribution in [1.29, 1.82) is 0 Å². The van der Waals surface area contributed by atoms with Crippen molar-refractivity contribution in [3.8, 4) is 0 Å². The van der Waals surface area contributed by atoms with Gasteiger partial charge in [0.25, 0.3) is 5.91 Å². The number of nitrogens with one attached hydrogen (secondary N) is 1. The third-order valence-corrected chi connectivity index (χ3v) is 3.16. The maximum Gasteiger partial charge on any atom is 0.324 e. The summed E-state index contributed by atoms with van der Waals surface area (Å²) < 4.78 is 0. The summed E-state index contributed by atoms with van der Waals surface area (Å²) in [5.74, 6) is -0.331. The summed E-state index contributed by atoms with van der Waals surface area (Å²) in [7, 11) is 0. The van der Waals surface area contributed by atoms with E-state index in [2.05, 4.69) is 10.5 Å². The zero-order valence-electron chi connectivity index (χ0n) is 9.65. The Morgan fingerprint density at radius 1 is 1.26 bits per heavy atom. The van der Waals surface area contributed by atoms with E-state index < -0.39 is 4.92 Å². The summed E-state index contributed by atoms with van der Waals surface area (Å²) in [6.45, 7) is 0. The number of carbonyl (C=O) groups is 1. The quantitative estimate of drug-likeness (QED) is 0.528. The van der Waals surface area contributed by atoms with Crippen LogP contribution in [0.5, 0.6) is 0 Å². The number of hydrazone groups is 1. The SMILES string of the molecule is O=C(N/N=C/c1ccc([N+](=O)[O-])s1)c1ccccc1. The molecule has 7 heteroatoms. The molecule has 2 rings (SSSR count). The Morgan fingerprint density at radius 2 is 2.00 bits per heavy atom. The van der Waals surface area contributed by atoms with E-state index in [4.69, 9.17) is 0 Å². The molecule has 96 valence electrons. The second-order valence-electron chi connectivity index (χ2n) is 3.50. The molecule has 1 aromatic heterocycles. The molecule has 0 unspecified atom stereocenters. The molecular formula is C12H9N3O3S. The van der Waals surface area contributed by atoms with Gasteiger partial charge < -0.3 is 0 Å². The van der Waals surface area contributed by atoms with Crippen LogP contribution in [0.2, 0.25) is 0 Å². The minimum absolute atomic E-state index is 0.0378. The lowest BCUT2D eigenvalue weighted by Gasteiger charge is -1.97. The molecule has 0 saturated heterocycles. The van der Waals surface area contributed by atoms with Crippen molar-refractivity contribution >= 4 is 28.5 Å². The lowest BCUT2D eigenvalue weighted by Crippen LogP contribution is -2.17. The predicted molar refractivity (Wildman–Crippen MR) is 72.5 cm³/mol. The van der Waals surface area contributed by atoms with Gasteiger partial charge in [0.15, 0.2) is 0 Å². The molecule has 0 saturated carbocycles. The first-order chi connectivity index (χ1) is 9.16. The van der Waals surface area contributed by atoms with Crippen molar-refractivity contribution in [2.45, 2.75) is 0 Å². The lowest BCUT2D eigenvalue weighted by molar-refractivity contribution is -0.380. The van der Waals surface area contributed by atoms with Crippen LogP contribution in [0.4, 0.5) is 5.00 Å². The molecule has 1 N–H and O–H groups in total. The summed E-state index contributed by atoms with van der Waals surface area (Å²) in [6, 6.07) is 11.6. The molecule has 0 bridgehead atoms. The van der Waals surface area contributed by atoms with Gasteiger partial charge in [-0.1, -0.05) is 29.5 Å². The Bertz CT molecular complexity index is 622. The van der Waals surface area contributed by atoms with Crippen LogP contribution in [0.3, 0.4) is 0 Å². The van der Waals surface area contributed by atoms with Gasteiger partial charge in [0.2, 0.25) is 0 Å². The van der Waals surface area contributed by atoms with Crippen molar-refractivity contribution in [3.05, 3.63) is 63.0 Å². The molecule has 1 amide bonds. The zero-order chi connectivity index (χ0) is 13.7. The maximum absolute atomic E-state index is 11.6. The third-order valence-electron chi connectivity index (χ3n) is 2.19. The maximum atomic E-state index is 11.6. The standard InChI is InChI=1S/C12H9N3O3S/c16-12(9-4-2-1-3-5-9)14-13-8-10-6-7-11(19-10)15(17)18/h1-8H,(H,14,16)/b13-8+. The fraction of sp³-hybridized carbons (Fsp3) is 0. The van der Waals surface area contributed by atoms with Crippen LogP contribution in [0, 0.1) is 10.1 Å². The Labute approximate surface area is 112 Å². The molecule has 2 aromatic rings. The highest BCUT2D eigenvalue weighted by Crippen LogP contribution is 2.22. The van der Waals surface area contributed by atoms with Crippen LogP contribution in [0.25, 0.3) is 0 Å². The van der Waals surface area contributed by atoms with Crippen LogP contribution in [-0.2, 0) is 0 Å². The number of benzene rings is 1. The number of hydrogen-bond donors (Lipinski definition) is 1. The summed E-state index contributed by atoms with van der Waals surface area (Å²) in [5.41, 5.74) is 2.85. The van der Waals surface area contributed by atoms with E-state index in [9.17, 15) is 14.9 Å². The largest absolute Gasteiger partial charge is 0.324 e. The van der Waals surface area contributed by atoms with Gasteiger partial charge >= 0.3 is 5.00 Å². The molecule has 19 heavy (non-hydrogen) atoms. The summed E-state index contributed by atoms with van der Waals surface area (Å²) in [4.78, 5) is 22.2. The molecule has 0 radical (unpaired) electrons. The van der Waals surface area contributed by atoms with E-state index in [1.807, 2.05) is 6.07 Å². The molecule has 0 fully saturated rings. The summed E-state index contributed by atoms with van der Waals surface area (Å²) in [5, 5.41) is 14.3. The van der Waals surface area contributed by atoms with Crippen molar-refractivity contribution < 1.29 is 9.72 Å². The van der Waals surface area contributed by atoms with Gasteiger partial charge in [0.1, 0.15) is 0 Å². The minimum atomic E-state index is -0.468. The zero-order valence-corrected chi connectivity index (χ0v) is 10.5. The van der Waals surface area contributed by atoms with Gasteiger partial charge in [-0.15, -0.1) is 0 Å². The molecule has 6 nitrogen and oxygen atoms in total. The van der Waals surface area contributed by atoms with E-state index in [0.717, 1.165) is 11.3 Å². The van der Waals surface area contributed by atoms with Crippen molar-refractivity contribution in [2.75, 3.05) is 0 Å². The first-order valence-electron chi connectivity index (χ1n) is 5.29. The molecule has 0 aliphatic carbocycles. The minimum Gasteiger partial charge on any atom is -0.267 e. The van der Waals surface area contributed by atoms with E-state index in [0.29, 0.717) is 10.4 Å². The van der Waals surface area contributed by atoms with Crippen LogP contribution in [-0.4, -0.2) is 17.0 Å². The lowest BCUT2D eigenvalue weighted by atomic mass is 10.2.